The predicted molar refractivity (Wildman–Crippen MR) is 92.8 cm³/mol. The Morgan fingerprint density at radius 1 is 1.20 bits per heavy atom. The predicted octanol–water partition coefficient (Wildman–Crippen LogP) is 4.12. The van der Waals surface area contributed by atoms with E-state index in [-0.39, 0.29) is 34.1 Å². The van der Waals surface area contributed by atoms with Crippen LogP contribution >= 0.6 is 0 Å². The number of carboxylic acids is 1. The highest BCUT2D eigenvalue weighted by atomic mass is 16.6. The Kier molecular flexibility index (Phi) is 3.53. The maximum Gasteiger partial charge on any atom is 0.335 e. The summed E-state index contributed by atoms with van der Waals surface area (Å²) in [6, 6.07) is 11.6. The topological polar surface area (TPSA) is 92.5 Å². The summed E-state index contributed by atoms with van der Waals surface area (Å²) in [6.07, 6.45) is 4.95. The van der Waals surface area contributed by atoms with Crippen molar-refractivity contribution in [2.45, 2.75) is 18.4 Å². The second-order valence-electron chi connectivity index (χ2n) is 6.40. The number of allylic oxidation sites excluding steroid dienone is 2. The van der Waals surface area contributed by atoms with Gasteiger partial charge in [0.05, 0.1) is 22.1 Å². The van der Waals surface area contributed by atoms with Crippen molar-refractivity contribution in [3.8, 4) is 0 Å². The number of nitrogens with zero attached hydrogens (tertiary/aromatic N) is 1. The molecule has 0 saturated heterocycles. The molecule has 1 aliphatic carbocycles. The molecule has 0 saturated carbocycles. The van der Waals surface area contributed by atoms with Crippen LogP contribution in [0.3, 0.4) is 0 Å². The van der Waals surface area contributed by atoms with E-state index < -0.39 is 5.97 Å². The first-order valence-corrected chi connectivity index (χ1v) is 8.10. The summed E-state index contributed by atoms with van der Waals surface area (Å²) in [5.74, 6) is -0.778. The summed E-state index contributed by atoms with van der Waals surface area (Å²) in [4.78, 5) is 22.3. The molecule has 25 heavy (non-hydrogen) atoms. The van der Waals surface area contributed by atoms with E-state index in [0.717, 1.165) is 17.7 Å². The number of nitrogens with one attached hydrogen (secondary N) is 1. The number of nitro benzene ring substituents is 1. The molecule has 0 aromatic heterocycles. The lowest BCUT2D eigenvalue weighted by molar-refractivity contribution is -0.385. The van der Waals surface area contributed by atoms with Gasteiger partial charge in [0.25, 0.3) is 5.69 Å². The Balaban J connectivity index is 1.81. The van der Waals surface area contributed by atoms with E-state index in [1.54, 1.807) is 30.3 Å². The number of fused-ring (bicyclic) bond motifs is 3. The molecule has 2 aliphatic rings. The Labute approximate surface area is 144 Å². The van der Waals surface area contributed by atoms with Crippen molar-refractivity contribution >= 4 is 17.3 Å². The lowest BCUT2D eigenvalue weighted by Crippen LogP contribution is -2.29. The summed E-state index contributed by atoms with van der Waals surface area (Å²) in [5, 5.41) is 24.1. The minimum absolute atomic E-state index is 0.0559. The highest BCUT2D eigenvalue weighted by Gasteiger charge is 2.40. The van der Waals surface area contributed by atoms with E-state index in [1.807, 2.05) is 6.07 Å². The average Bonchev–Trinajstić information content (AvgIpc) is 3.10. The monoisotopic (exact) mass is 336 g/mol. The molecule has 6 heteroatoms. The van der Waals surface area contributed by atoms with E-state index in [4.69, 9.17) is 0 Å². The Bertz CT molecular complexity index is 906. The molecule has 0 bridgehead atoms. The molecule has 126 valence electrons. The number of hydrogen-bond acceptors (Lipinski definition) is 4. The van der Waals surface area contributed by atoms with Gasteiger partial charge < -0.3 is 10.4 Å². The van der Waals surface area contributed by atoms with Gasteiger partial charge in [0.15, 0.2) is 0 Å². The molecule has 6 nitrogen and oxygen atoms in total. The van der Waals surface area contributed by atoms with Gasteiger partial charge in [0.1, 0.15) is 0 Å². The lowest BCUT2D eigenvalue weighted by Gasteiger charge is -2.37. The highest BCUT2D eigenvalue weighted by Crippen LogP contribution is 2.51. The Morgan fingerprint density at radius 3 is 2.76 bits per heavy atom. The summed E-state index contributed by atoms with van der Waals surface area (Å²) in [7, 11) is 0. The minimum atomic E-state index is -0.956. The Morgan fingerprint density at radius 2 is 2.00 bits per heavy atom. The van der Waals surface area contributed by atoms with E-state index in [0.29, 0.717) is 5.56 Å². The van der Waals surface area contributed by atoms with Crippen molar-refractivity contribution in [2.75, 3.05) is 5.32 Å². The molecule has 0 radical (unpaired) electrons. The zero-order valence-corrected chi connectivity index (χ0v) is 13.3. The average molecular weight is 336 g/mol. The second-order valence-corrected chi connectivity index (χ2v) is 6.40. The van der Waals surface area contributed by atoms with Crippen LogP contribution in [0.1, 0.15) is 39.9 Å². The van der Waals surface area contributed by atoms with E-state index in [2.05, 4.69) is 17.5 Å². The molecule has 4 rings (SSSR count). The van der Waals surface area contributed by atoms with Crippen molar-refractivity contribution in [2.24, 2.45) is 5.92 Å². The van der Waals surface area contributed by atoms with Crippen molar-refractivity contribution < 1.29 is 14.8 Å². The third-order valence-corrected chi connectivity index (χ3v) is 5.08. The minimum Gasteiger partial charge on any atom is -0.478 e. The van der Waals surface area contributed by atoms with Crippen LogP contribution < -0.4 is 5.32 Å². The van der Waals surface area contributed by atoms with Gasteiger partial charge in [0.2, 0.25) is 0 Å². The standard InChI is InChI=1S/C19H16N2O4/c22-19(23)11-8-9-16-15(10-11)12-5-3-6-13(12)18(20-16)14-4-1-2-7-17(14)21(24)25/h1-5,7-10,12-13,18,20H,6H2,(H,22,23)/t12-,13+,18-/m0/s1. The number of carbonyl (C=O) groups is 1. The molecule has 2 N–H and O–H groups in total. The molecule has 0 spiro atoms. The number of para-hydroxylation sites is 1. The molecule has 0 amide bonds. The molecule has 0 unspecified atom stereocenters. The van der Waals surface area contributed by atoms with Gasteiger partial charge in [0, 0.05) is 17.7 Å². The number of rotatable bonds is 3. The fourth-order valence-corrected chi connectivity index (χ4v) is 3.95. The lowest BCUT2D eigenvalue weighted by atomic mass is 9.76. The molecule has 3 atom stereocenters. The van der Waals surface area contributed by atoms with Crippen LogP contribution in [0.15, 0.2) is 54.6 Å². The molecule has 0 fully saturated rings. The number of benzene rings is 2. The third kappa shape index (κ3) is 2.46. The molecule has 2 aromatic rings. The molecular weight excluding hydrogens is 320 g/mol. The largest absolute Gasteiger partial charge is 0.478 e. The van der Waals surface area contributed by atoms with Crippen LogP contribution in [0.4, 0.5) is 11.4 Å². The first-order valence-electron chi connectivity index (χ1n) is 8.10. The van der Waals surface area contributed by atoms with E-state index in [9.17, 15) is 20.0 Å². The zero-order valence-electron chi connectivity index (χ0n) is 13.3. The van der Waals surface area contributed by atoms with Gasteiger partial charge in [-0.05, 0) is 36.1 Å². The van der Waals surface area contributed by atoms with Crippen molar-refractivity contribution in [1.29, 1.82) is 0 Å². The second kappa shape index (κ2) is 5.73. The number of nitro groups is 1. The molecule has 1 aliphatic heterocycles. The quantitative estimate of drug-likeness (QED) is 0.500. The summed E-state index contributed by atoms with van der Waals surface area (Å²) in [5.41, 5.74) is 2.80. The van der Waals surface area contributed by atoms with E-state index in [1.165, 1.54) is 6.07 Å². The Hall–Kier alpha value is -3.15. The maximum absolute atomic E-state index is 11.4. The SMILES string of the molecule is O=C(O)c1ccc2c(c1)[C@H]1C=CC[C@H]1[C@@H](c1ccccc1[N+](=O)[O-])N2. The van der Waals surface area contributed by atoms with E-state index >= 15 is 0 Å². The van der Waals surface area contributed by atoms with Crippen LogP contribution in [-0.2, 0) is 0 Å². The zero-order chi connectivity index (χ0) is 17.6. The van der Waals surface area contributed by atoms with Crippen molar-refractivity contribution in [1.82, 2.24) is 0 Å². The summed E-state index contributed by atoms with van der Waals surface area (Å²) >= 11 is 0. The van der Waals surface area contributed by atoms with Crippen LogP contribution in [0.5, 0.6) is 0 Å². The summed E-state index contributed by atoms with van der Waals surface area (Å²) < 4.78 is 0. The van der Waals surface area contributed by atoms with Crippen LogP contribution in [0.2, 0.25) is 0 Å². The van der Waals surface area contributed by atoms with Gasteiger partial charge in [-0.25, -0.2) is 4.79 Å². The fourth-order valence-electron chi connectivity index (χ4n) is 3.95. The van der Waals surface area contributed by atoms with Gasteiger partial charge in [-0.1, -0.05) is 30.4 Å². The van der Waals surface area contributed by atoms with Crippen LogP contribution in [-0.4, -0.2) is 16.0 Å². The number of carboxylic acid groups (broad SMARTS) is 1. The molecular formula is C19H16N2O4. The van der Waals surface area contributed by atoms with Crippen molar-refractivity contribution in [3.05, 3.63) is 81.4 Å². The number of anilines is 1. The molecule has 1 heterocycles. The highest BCUT2D eigenvalue weighted by molar-refractivity contribution is 5.89. The first-order chi connectivity index (χ1) is 12.1. The van der Waals surface area contributed by atoms with Gasteiger partial charge >= 0.3 is 5.97 Å². The summed E-state index contributed by atoms with van der Waals surface area (Å²) in [6.45, 7) is 0. The van der Waals surface area contributed by atoms with Gasteiger partial charge in [-0.2, -0.15) is 0 Å². The molecule has 2 aromatic carbocycles. The number of aromatic carboxylic acids is 1. The van der Waals surface area contributed by atoms with Crippen LogP contribution in [0.25, 0.3) is 0 Å². The van der Waals surface area contributed by atoms with Gasteiger partial charge in [-0.15, -0.1) is 0 Å². The number of hydrogen-bond donors (Lipinski definition) is 2. The fraction of sp³-hybridized carbons (Fsp3) is 0.211. The third-order valence-electron chi connectivity index (χ3n) is 5.08. The van der Waals surface area contributed by atoms with Crippen molar-refractivity contribution in [3.63, 3.8) is 0 Å². The first kappa shape index (κ1) is 15.4. The maximum atomic E-state index is 11.4. The smallest absolute Gasteiger partial charge is 0.335 e. The van der Waals surface area contributed by atoms with Crippen LogP contribution in [0, 0.1) is 16.0 Å². The normalized spacial score (nSPS) is 23.4. The van der Waals surface area contributed by atoms with Gasteiger partial charge in [-0.3, -0.25) is 10.1 Å².